The van der Waals surface area contributed by atoms with Gasteiger partial charge in [0.25, 0.3) is 9.84 Å². The van der Waals surface area contributed by atoms with Crippen LogP contribution in [0.15, 0.2) is 23.1 Å². The van der Waals surface area contributed by atoms with E-state index in [0.29, 0.717) is 12.1 Å². The minimum atomic E-state index is -5.48. The number of sulfone groups is 1. The van der Waals surface area contributed by atoms with Crippen LogP contribution in [0.1, 0.15) is 10.4 Å². The fraction of sp³-hybridized carbons (Fsp3) is 0.222. The van der Waals surface area contributed by atoms with Crippen LogP contribution >= 0.6 is 0 Å². The molecule has 1 rings (SSSR count). The van der Waals surface area contributed by atoms with Crippen molar-refractivity contribution < 1.29 is 31.1 Å². The van der Waals surface area contributed by atoms with Crippen molar-refractivity contribution in [2.45, 2.75) is 10.4 Å². The molecule has 0 aliphatic carbocycles. The average molecular weight is 283 g/mol. The summed E-state index contributed by atoms with van der Waals surface area (Å²) in [4.78, 5) is 10.1. The molecule has 0 aliphatic rings. The number of halogens is 3. The van der Waals surface area contributed by atoms with Crippen molar-refractivity contribution in [2.75, 3.05) is 12.8 Å². The summed E-state index contributed by atoms with van der Waals surface area (Å²) in [5.74, 6) is -0.872. The Bertz CT molecular complexity index is 580. The minimum Gasteiger partial charge on any atom is -0.465 e. The third kappa shape index (κ3) is 2.40. The Balaban J connectivity index is 3.34. The Labute approximate surface area is 100 Å². The lowest BCUT2D eigenvalue weighted by molar-refractivity contribution is -0.0435. The smallest absolute Gasteiger partial charge is 0.465 e. The van der Waals surface area contributed by atoms with Crippen LogP contribution in [-0.2, 0) is 14.6 Å². The van der Waals surface area contributed by atoms with Gasteiger partial charge in [-0.05, 0) is 18.2 Å². The van der Waals surface area contributed by atoms with E-state index in [1.54, 1.807) is 0 Å². The third-order valence-electron chi connectivity index (χ3n) is 2.04. The van der Waals surface area contributed by atoms with E-state index >= 15 is 0 Å². The summed E-state index contributed by atoms with van der Waals surface area (Å²) in [5.41, 5.74) is -0.739. The molecule has 100 valence electrons. The van der Waals surface area contributed by atoms with Crippen molar-refractivity contribution in [3.8, 4) is 0 Å². The first-order valence-electron chi connectivity index (χ1n) is 4.40. The van der Waals surface area contributed by atoms with Gasteiger partial charge in [0.05, 0.1) is 17.6 Å². The Morgan fingerprint density at radius 2 is 1.89 bits per heavy atom. The molecule has 0 bridgehead atoms. The van der Waals surface area contributed by atoms with Crippen LogP contribution in [0.4, 0.5) is 18.9 Å². The Hall–Kier alpha value is -1.77. The lowest BCUT2D eigenvalue weighted by Gasteiger charge is -2.10. The Morgan fingerprint density at radius 3 is 2.28 bits per heavy atom. The lowest BCUT2D eigenvalue weighted by atomic mass is 10.2. The molecule has 0 unspecified atom stereocenters. The zero-order chi connectivity index (χ0) is 14.1. The summed E-state index contributed by atoms with van der Waals surface area (Å²) >= 11 is 0. The van der Waals surface area contributed by atoms with Gasteiger partial charge < -0.3 is 10.5 Å². The number of hydrogen-bond donors (Lipinski definition) is 1. The van der Waals surface area contributed by atoms with Gasteiger partial charge in [-0.2, -0.15) is 13.2 Å². The largest absolute Gasteiger partial charge is 0.501 e. The van der Waals surface area contributed by atoms with E-state index in [9.17, 15) is 26.4 Å². The minimum absolute atomic E-state index is 0.210. The number of ether oxygens (including phenoxy) is 1. The van der Waals surface area contributed by atoms with E-state index in [2.05, 4.69) is 4.74 Å². The van der Waals surface area contributed by atoms with Crippen LogP contribution in [0.5, 0.6) is 0 Å². The van der Waals surface area contributed by atoms with Gasteiger partial charge in [0.1, 0.15) is 0 Å². The highest BCUT2D eigenvalue weighted by molar-refractivity contribution is 7.92. The Morgan fingerprint density at radius 1 is 1.33 bits per heavy atom. The summed E-state index contributed by atoms with van der Waals surface area (Å²) in [6.07, 6.45) is 0. The molecule has 0 fully saturated rings. The summed E-state index contributed by atoms with van der Waals surface area (Å²) in [6, 6.07) is 2.07. The van der Waals surface area contributed by atoms with Crippen molar-refractivity contribution >= 4 is 21.5 Å². The van der Waals surface area contributed by atoms with E-state index in [1.165, 1.54) is 0 Å². The third-order valence-corrected chi connectivity index (χ3v) is 3.53. The number of rotatable bonds is 2. The summed E-state index contributed by atoms with van der Waals surface area (Å²) in [6.45, 7) is 0. The number of carbonyl (C=O) groups is 1. The highest BCUT2D eigenvalue weighted by Crippen LogP contribution is 2.31. The van der Waals surface area contributed by atoms with Crippen LogP contribution in [0, 0.1) is 0 Å². The second-order valence-corrected chi connectivity index (χ2v) is 5.13. The lowest BCUT2D eigenvalue weighted by Crippen LogP contribution is -2.23. The van der Waals surface area contributed by atoms with Gasteiger partial charge in [0.2, 0.25) is 0 Å². The SMILES string of the molecule is COC(=O)c1ccc(S(=O)(=O)C(F)(F)F)cc1N. The van der Waals surface area contributed by atoms with Crippen LogP contribution in [0.2, 0.25) is 0 Å². The number of nitrogens with two attached hydrogens (primary N) is 1. The van der Waals surface area contributed by atoms with Gasteiger partial charge in [0, 0.05) is 5.69 Å². The number of nitrogen functional groups attached to an aromatic ring is 1. The van der Waals surface area contributed by atoms with E-state index in [1.807, 2.05) is 0 Å². The number of carbonyl (C=O) groups excluding carboxylic acids is 1. The van der Waals surface area contributed by atoms with Crippen molar-refractivity contribution in [3.05, 3.63) is 23.8 Å². The molecule has 0 aliphatic heterocycles. The maximum absolute atomic E-state index is 12.3. The molecule has 9 heteroatoms. The highest BCUT2D eigenvalue weighted by Gasteiger charge is 2.47. The van der Waals surface area contributed by atoms with Crippen LogP contribution in [0.3, 0.4) is 0 Å². The number of esters is 1. The summed E-state index contributed by atoms with van der Waals surface area (Å²) in [5, 5.41) is 0. The monoisotopic (exact) mass is 283 g/mol. The standard InChI is InChI=1S/C9H8F3NO4S/c1-17-8(14)6-3-2-5(4-7(6)13)18(15,16)9(10,11)12/h2-4H,13H2,1H3. The first-order chi connectivity index (χ1) is 8.11. The number of alkyl halides is 3. The molecule has 0 heterocycles. The molecule has 0 saturated heterocycles. The normalized spacial score (nSPS) is 12.2. The predicted octanol–water partition coefficient (Wildman–Crippen LogP) is 1.35. The molecule has 0 atom stereocenters. The average Bonchev–Trinajstić information content (AvgIpc) is 2.26. The molecule has 0 radical (unpaired) electrons. The van der Waals surface area contributed by atoms with Crippen LogP contribution < -0.4 is 5.73 Å². The number of benzene rings is 1. The molecule has 2 N–H and O–H groups in total. The van der Waals surface area contributed by atoms with Gasteiger partial charge >= 0.3 is 11.5 Å². The summed E-state index contributed by atoms with van der Waals surface area (Å²) in [7, 11) is -4.42. The fourth-order valence-electron chi connectivity index (χ4n) is 1.14. The molecule has 5 nitrogen and oxygen atoms in total. The van der Waals surface area contributed by atoms with Crippen molar-refractivity contribution in [2.24, 2.45) is 0 Å². The molecule has 0 amide bonds. The summed E-state index contributed by atoms with van der Waals surface area (Å²) < 4.78 is 63.2. The fourth-order valence-corrected chi connectivity index (χ4v) is 1.93. The molecule has 0 aromatic heterocycles. The molecular formula is C9H8F3NO4S. The topological polar surface area (TPSA) is 86.5 Å². The van der Waals surface area contributed by atoms with Crippen molar-refractivity contribution in [1.29, 1.82) is 0 Å². The molecule has 1 aromatic rings. The van der Waals surface area contributed by atoms with Crippen molar-refractivity contribution in [3.63, 3.8) is 0 Å². The first-order valence-corrected chi connectivity index (χ1v) is 5.88. The van der Waals surface area contributed by atoms with Gasteiger partial charge in [-0.15, -0.1) is 0 Å². The predicted molar refractivity (Wildman–Crippen MR) is 55.4 cm³/mol. The van der Waals surface area contributed by atoms with Crippen molar-refractivity contribution in [1.82, 2.24) is 0 Å². The quantitative estimate of drug-likeness (QED) is 0.654. The second kappa shape index (κ2) is 4.48. The molecular weight excluding hydrogens is 275 g/mol. The van der Waals surface area contributed by atoms with Crippen LogP contribution in [0.25, 0.3) is 0 Å². The maximum atomic E-state index is 12.3. The number of methoxy groups -OCH3 is 1. The zero-order valence-electron chi connectivity index (χ0n) is 8.98. The van der Waals surface area contributed by atoms with Gasteiger partial charge in [-0.25, -0.2) is 13.2 Å². The molecule has 18 heavy (non-hydrogen) atoms. The second-order valence-electron chi connectivity index (χ2n) is 3.19. The van der Waals surface area contributed by atoms with E-state index in [4.69, 9.17) is 5.73 Å². The van der Waals surface area contributed by atoms with E-state index in [-0.39, 0.29) is 5.56 Å². The Kier molecular flexibility index (Phi) is 3.56. The first kappa shape index (κ1) is 14.3. The van der Waals surface area contributed by atoms with E-state index in [0.717, 1.165) is 13.2 Å². The molecule has 0 spiro atoms. The zero-order valence-corrected chi connectivity index (χ0v) is 9.80. The maximum Gasteiger partial charge on any atom is 0.501 e. The highest BCUT2D eigenvalue weighted by atomic mass is 32.2. The molecule has 0 saturated carbocycles. The van der Waals surface area contributed by atoms with E-state index < -0.39 is 31.9 Å². The molecule has 1 aromatic carbocycles. The van der Waals surface area contributed by atoms with Gasteiger partial charge in [-0.3, -0.25) is 0 Å². The van der Waals surface area contributed by atoms with Gasteiger partial charge in [0.15, 0.2) is 0 Å². The number of anilines is 1. The van der Waals surface area contributed by atoms with Crippen LogP contribution in [-0.4, -0.2) is 27.0 Å². The number of hydrogen-bond acceptors (Lipinski definition) is 5. The van der Waals surface area contributed by atoms with Gasteiger partial charge in [-0.1, -0.05) is 0 Å².